The molecule has 1 fully saturated rings. The minimum Gasteiger partial charge on any atom is -0.378 e. The Morgan fingerprint density at radius 1 is 1.42 bits per heavy atom. The Bertz CT molecular complexity index is 436. The fourth-order valence-electron chi connectivity index (χ4n) is 2.23. The number of rotatable bonds is 2. The van der Waals surface area contributed by atoms with Crippen molar-refractivity contribution in [2.24, 2.45) is 0 Å². The molecule has 4 nitrogen and oxygen atoms in total. The highest BCUT2D eigenvalue weighted by Gasteiger charge is 2.24. The van der Waals surface area contributed by atoms with Gasteiger partial charge in [0.15, 0.2) is 0 Å². The molecule has 0 aliphatic carbocycles. The molecule has 0 aromatic heterocycles. The van der Waals surface area contributed by atoms with E-state index in [1.165, 1.54) is 0 Å². The summed E-state index contributed by atoms with van der Waals surface area (Å²) in [6, 6.07) is 8.06. The maximum absolute atomic E-state index is 12.5. The van der Waals surface area contributed by atoms with Gasteiger partial charge in [-0.25, -0.2) is 0 Å². The predicted molar refractivity (Wildman–Crippen MR) is 81.4 cm³/mol. The number of anilines is 1. The standard InChI is InChI=1S/C14H21N3O.ClH/c1-11-10-15-7-8-17(11)14(18)12-5-4-6-13(9-12)16(2)3;/h4-6,9,11,15H,7-8,10H2,1-3H3;1H/t11-;/m1./s1. The van der Waals surface area contributed by atoms with E-state index in [-0.39, 0.29) is 24.4 Å². The van der Waals surface area contributed by atoms with Gasteiger partial charge in [0.2, 0.25) is 0 Å². The van der Waals surface area contributed by atoms with Crippen molar-refractivity contribution in [3.05, 3.63) is 29.8 Å². The number of amides is 1. The van der Waals surface area contributed by atoms with Crippen LogP contribution in [0.1, 0.15) is 17.3 Å². The molecule has 1 amide bonds. The molecule has 5 heteroatoms. The third-order valence-electron chi connectivity index (χ3n) is 3.37. The third kappa shape index (κ3) is 3.61. The van der Waals surface area contributed by atoms with Gasteiger partial charge in [0.05, 0.1) is 0 Å². The number of carbonyl (C=O) groups is 1. The molecule has 106 valence electrons. The normalized spacial score (nSPS) is 18.7. The van der Waals surface area contributed by atoms with Crippen molar-refractivity contribution in [2.75, 3.05) is 38.6 Å². The minimum atomic E-state index is 0. The predicted octanol–water partition coefficient (Wildman–Crippen LogP) is 1.61. The van der Waals surface area contributed by atoms with Gasteiger partial charge in [-0.15, -0.1) is 12.4 Å². The number of hydrogen-bond acceptors (Lipinski definition) is 3. The monoisotopic (exact) mass is 283 g/mol. The van der Waals surface area contributed by atoms with Crippen molar-refractivity contribution in [3.8, 4) is 0 Å². The van der Waals surface area contributed by atoms with Crippen molar-refractivity contribution >= 4 is 24.0 Å². The molecular formula is C14H22ClN3O. The Hall–Kier alpha value is -1.26. The van der Waals surface area contributed by atoms with Crippen LogP contribution in [0.15, 0.2) is 24.3 Å². The third-order valence-corrected chi connectivity index (χ3v) is 3.37. The first kappa shape index (κ1) is 15.8. The summed E-state index contributed by atoms with van der Waals surface area (Å²) in [5.74, 6) is 0.132. The first-order chi connectivity index (χ1) is 8.59. The van der Waals surface area contributed by atoms with Crippen LogP contribution in [-0.2, 0) is 0 Å². The van der Waals surface area contributed by atoms with Gasteiger partial charge in [-0.2, -0.15) is 0 Å². The maximum Gasteiger partial charge on any atom is 0.254 e. The Balaban J connectivity index is 0.00000180. The summed E-state index contributed by atoms with van der Waals surface area (Å²) in [5, 5.41) is 3.30. The van der Waals surface area contributed by atoms with Crippen LogP contribution in [0.5, 0.6) is 0 Å². The van der Waals surface area contributed by atoms with Crippen molar-refractivity contribution in [3.63, 3.8) is 0 Å². The molecule has 1 N–H and O–H groups in total. The fraction of sp³-hybridized carbons (Fsp3) is 0.500. The molecule has 1 aromatic rings. The number of halogens is 1. The second kappa shape index (κ2) is 6.78. The van der Waals surface area contributed by atoms with Crippen molar-refractivity contribution in [1.29, 1.82) is 0 Å². The van der Waals surface area contributed by atoms with E-state index in [1.807, 2.05) is 48.2 Å². The van der Waals surface area contributed by atoms with Crippen molar-refractivity contribution in [1.82, 2.24) is 10.2 Å². The average molecular weight is 284 g/mol. The lowest BCUT2D eigenvalue weighted by atomic mass is 10.1. The Morgan fingerprint density at radius 2 is 2.16 bits per heavy atom. The summed E-state index contributed by atoms with van der Waals surface area (Å²) in [6.07, 6.45) is 0. The summed E-state index contributed by atoms with van der Waals surface area (Å²) in [5.41, 5.74) is 1.83. The maximum atomic E-state index is 12.5. The molecule has 0 radical (unpaired) electrons. The SMILES string of the molecule is C[C@@H]1CNCCN1C(=O)c1cccc(N(C)C)c1.Cl. The molecular weight excluding hydrogens is 262 g/mol. The smallest absolute Gasteiger partial charge is 0.254 e. The van der Waals surface area contributed by atoms with Crippen LogP contribution in [0.25, 0.3) is 0 Å². The highest BCUT2D eigenvalue weighted by Crippen LogP contribution is 2.16. The first-order valence-electron chi connectivity index (χ1n) is 6.38. The minimum absolute atomic E-state index is 0. The number of nitrogens with one attached hydrogen (secondary N) is 1. The second-order valence-electron chi connectivity index (χ2n) is 5.00. The van der Waals surface area contributed by atoms with Crippen molar-refractivity contribution in [2.45, 2.75) is 13.0 Å². The lowest BCUT2D eigenvalue weighted by Crippen LogP contribution is -2.52. The van der Waals surface area contributed by atoms with Crippen LogP contribution >= 0.6 is 12.4 Å². The Morgan fingerprint density at radius 3 is 2.79 bits per heavy atom. The molecule has 0 saturated carbocycles. The molecule has 1 aliphatic rings. The largest absolute Gasteiger partial charge is 0.378 e. The van der Waals surface area contributed by atoms with Gasteiger partial charge < -0.3 is 15.1 Å². The summed E-state index contributed by atoms with van der Waals surface area (Å²) in [6.45, 7) is 4.62. The molecule has 0 unspecified atom stereocenters. The van der Waals surface area contributed by atoms with Crippen LogP contribution in [0.2, 0.25) is 0 Å². The number of piperazine rings is 1. The van der Waals surface area contributed by atoms with Crippen LogP contribution in [0.4, 0.5) is 5.69 Å². The average Bonchev–Trinajstić information content (AvgIpc) is 2.38. The molecule has 1 aromatic carbocycles. The first-order valence-corrected chi connectivity index (χ1v) is 6.38. The summed E-state index contributed by atoms with van der Waals surface area (Å²) in [7, 11) is 3.97. The lowest BCUT2D eigenvalue weighted by molar-refractivity contribution is 0.0656. The van der Waals surface area contributed by atoms with Crippen LogP contribution in [0.3, 0.4) is 0 Å². The van der Waals surface area contributed by atoms with Crippen molar-refractivity contribution < 1.29 is 4.79 Å². The van der Waals surface area contributed by atoms with Gasteiger partial charge in [-0.05, 0) is 25.1 Å². The molecule has 1 aliphatic heterocycles. The van der Waals surface area contributed by atoms with E-state index in [0.29, 0.717) is 0 Å². The Labute approximate surface area is 121 Å². The van der Waals surface area contributed by atoms with Crippen LogP contribution in [0, 0.1) is 0 Å². The zero-order chi connectivity index (χ0) is 13.1. The Kier molecular flexibility index (Phi) is 5.63. The van der Waals surface area contributed by atoms with E-state index in [9.17, 15) is 4.79 Å². The summed E-state index contributed by atoms with van der Waals surface area (Å²) < 4.78 is 0. The van der Waals surface area contributed by atoms with E-state index in [4.69, 9.17) is 0 Å². The molecule has 0 spiro atoms. The molecule has 19 heavy (non-hydrogen) atoms. The summed E-state index contributed by atoms with van der Waals surface area (Å²) in [4.78, 5) is 16.4. The summed E-state index contributed by atoms with van der Waals surface area (Å²) >= 11 is 0. The molecule has 1 saturated heterocycles. The van der Waals surface area contributed by atoms with E-state index in [2.05, 4.69) is 12.2 Å². The van der Waals surface area contributed by atoms with Gasteiger partial charge in [0.25, 0.3) is 5.91 Å². The number of carbonyl (C=O) groups excluding carboxylic acids is 1. The van der Waals surface area contributed by atoms with Gasteiger partial charge >= 0.3 is 0 Å². The number of hydrogen-bond donors (Lipinski definition) is 1. The van der Waals surface area contributed by atoms with Gasteiger partial charge in [0, 0.05) is 51.0 Å². The zero-order valence-corrected chi connectivity index (χ0v) is 12.5. The zero-order valence-electron chi connectivity index (χ0n) is 11.7. The second-order valence-corrected chi connectivity index (χ2v) is 5.00. The molecule has 1 atom stereocenters. The van der Waals surface area contributed by atoms with E-state index >= 15 is 0 Å². The highest BCUT2D eigenvalue weighted by molar-refractivity contribution is 5.95. The van der Waals surface area contributed by atoms with E-state index < -0.39 is 0 Å². The molecule has 2 rings (SSSR count). The van der Waals surface area contributed by atoms with E-state index in [1.54, 1.807) is 0 Å². The number of nitrogens with zero attached hydrogens (tertiary/aromatic N) is 2. The van der Waals surface area contributed by atoms with Gasteiger partial charge in [-0.3, -0.25) is 4.79 Å². The highest BCUT2D eigenvalue weighted by atomic mass is 35.5. The number of benzene rings is 1. The molecule has 1 heterocycles. The van der Waals surface area contributed by atoms with E-state index in [0.717, 1.165) is 30.9 Å². The van der Waals surface area contributed by atoms with Crippen LogP contribution < -0.4 is 10.2 Å². The topological polar surface area (TPSA) is 35.6 Å². The fourth-order valence-corrected chi connectivity index (χ4v) is 2.23. The van der Waals surface area contributed by atoms with Gasteiger partial charge in [-0.1, -0.05) is 6.07 Å². The van der Waals surface area contributed by atoms with Crippen LogP contribution in [-0.4, -0.2) is 50.6 Å². The molecule has 0 bridgehead atoms. The lowest BCUT2D eigenvalue weighted by Gasteiger charge is -2.34. The quantitative estimate of drug-likeness (QED) is 0.896. The van der Waals surface area contributed by atoms with Gasteiger partial charge in [0.1, 0.15) is 0 Å².